The van der Waals surface area contributed by atoms with Gasteiger partial charge in [-0.05, 0) is 31.4 Å². The molecule has 132 valence electrons. The molecule has 2 amide bonds. The van der Waals surface area contributed by atoms with Crippen molar-refractivity contribution in [1.82, 2.24) is 5.06 Å². The van der Waals surface area contributed by atoms with Crippen LogP contribution in [0.4, 0.5) is 0 Å². The Hall–Kier alpha value is -2.70. The van der Waals surface area contributed by atoms with E-state index in [1.54, 1.807) is 12.1 Å². The van der Waals surface area contributed by atoms with Gasteiger partial charge in [-0.2, -0.15) is 0 Å². The van der Waals surface area contributed by atoms with E-state index in [9.17, 15) is 19.2 Å². The third kappa shape index (κ3) is 2.90. The molecule has 2 aliphatic heterocycles. The molecule has 0 bridgehead atoms. The van der Waals surface area contributed by atoms with Crippen molar-refractivity contribution in [3.63, 3.8) is 0 Å². The van der Waals surface area contributed by atoms with Crippen LogP contribution < -0.4 is 0 Å². The number of hydroxylamine groups is 2. The predicted octanol–water partition coefficient (Wildman–Crippen LogP) is 2.11. The third-order valence-electron chi connectivity index (χ3n) is 4.41. The largest absolute Gasteiger partial charge is 0.447 e. The van der Waals surface area contributed by atoms with Gasteiger partial charge in [-0.25, -0.2) is 4.79 Å². The zero-order chi connectivity index (χ0) is 18.4. The lowest BCUT2D eigenvalue weighted by atomic mass is 9.89. The Morgan fingerprint density at radius 3 is 2.32 bits per heavy atom. The first kappa shape index (κ1) is 17.1. The summed E-state index contributed by atoms with van der Waals surface area (Å²) in [5, 5.41) is 0.432. The average molecular weight is 345 g/mol. The Bertz CT molecular complexity index is 736. The number of rotatable bonds is 4. The van der Waals surface area contributed by atoms with E-state index in [4.69, 9.17) is 9.57 Å². The minimum absolute atomic E-state index is 0.159. The molecule has 0 spiro atoms. The van der Waals surface area contributed by atoms with Crippen LogP contribution in [0.5, 0.6) is 0 Å². The van der Waals surface area contributed by atoms with Crippen molar-refractivity contribution in [2.24, 2.45) is 11.8 Å². The summed E-state index contributed by atoms with van der Waals surface area (Å²) in [6.45, 7) is 5.38. The lowest BCUT2D eigenvalue weighted by Crippen LogP contribution is -2.43. The molecule has 0 aromatic heterocycles. The number of hydrogen-bond acceptors (Lipinski definition) is 6. The molecule has 0 aliphatic carbocycles. The van der Waals surface area contributed by atoms with Crippen molar-refractivity contribution in [3.8, 4) is 0 Å². The lowest BCUT2D eigenvalue weighted by Gasteiger charge is -2.22. The van der Waals surface area contributed by atoms with Crippen molar-refractivity contribution < 1.29 is 28.8 Å². The summed E-state index contributed by atoms with van der Waals surface area (Å²) >= 11 is 0. The Balaban J connectivity index is 1.74. The van der Waals surface area contributed by atoms with E-state index < -0.39 is 35.3 Å². The first-order valence-corrected chi connectivity index (χ1v) is 8.16. The van der Waals surface area contributed by atoms with Crippen LogP contribution in [0, 0.1) is 11.8 Å². The Labute approximate surface area is 144 Å². The molecule has 1 saturated heterocycles. The summed E-state index contributed by atoms with van der Waals surface area (Å²) in [7, 11) is 0. The van der Waals surface area contributed by atoms with E-state index in [-0.39, 0.29) is 23.5 Å². The molecule has 7 nitrogen and oxygen atoms in total. The van der Waals surface area contributed by atoms with Crippen molar-refractivity contribution in [1.29, 1.82) is 0 Å². The summed E-state index contributed by atoms with van der Waals surface area (Å²) in [5.41, 5.74) is -1.16. The Morgan fingerprint density at radius 1 is 1.24 bits per heavy atom. The smallest absolute Gasteiger partial charge is 0.376 e. The molecule has 1 aromatic rings. The second-order valence-electron chi connectivity index (χ2n) is 7.01. The molecule has 7 heteroatoms. The van der Waals surface area contributed by atoms with Gasteiger partial charge >= 0.3 is 11.9 Å². The quantitative estimate of drug-likeness (QED) is 0.613. The van der Waals surface area contributed by atoms with Crippen molar-refractivity contribution in [2.75, 3.05) is 0 Å². The number of esters is 1. The maximum absolute atomic E-state index is 12.5. The van der Waals surface area contributed by atoms with E-state index in [2.05, 4.69) is 0 Å². The summed E-state index contributed by atoms with van der Waals surface area (Å²) in [6, 6.07) is 6.20. The number of carbonyl (C=O) groups is 4. The van der Waals surface area contributed by atoms with Gasteiger partial charge in [0.15, 0.2) is 0 Å². The van der Waals surface area contributed by atoms with Crippen LogP contribution in [0.3, 0.4) is 0 Å². The van der Waals surface area contributed by atoms with Crippen LogP contribution >= 0.6 is 0 Å². The number of imide groups is 1. The van der Waals surface area contributed by atoms with Crippen LogP contribution in [-0.4, -0.2) is 34.4 Å². The van der Waals surface area contributed by atoms with Crippen LogP contribution in [0.25, 0.3) is 0 Å². The molecule has 2 unspecified atom stereocenters. The number of benzene rings is 1. The highest BCUT2D eigenvalue weighted by atomic mass is 16.7. The zero-order valence-electron chi connectivity index (χ0n) is 14.3. The van der Waals surface area contributed by atoms with Crippen LogP contribution in [0.2, 0.25) is 0 Å². The van der Waals surface area contributed by atoms with Gasteiger partial charge in [0.2, 0.25) is 5.60 Å². The minimum Gasteiger partial charge on any atom is -0.447 e. The molecule has 2 heterocycles. The molecule has 0 radical (unpaired) electrons. The molecule has 25 heavy (non-hydrogen) atoms. The van der Waals surface area contributed by atoms with Gasteiger partial charge < -0.3 is 9.57 Å². The first-order chi connectivity index (χ1) is 11.7. The highest BCUT2D eigenvalue weighted by Gasteiger charge is 2.52. The second-order valence-corrected chi connectivity index (χ2v) is 7.01. The van der Waals surface area contributed by atoms with Crippen LogP contribution in [-0.2, 0) is 19.2 Å². The summed E-state index contributed by atoms with van der Waals surface area (Å²) in [4.78, 5) is 54.0. The van der Waals surface area contributed by atoms with Gasteiger partial charge in [0.1, 0.15) is 0 Å². The second kappa shape index (κ2) is 5.98. The molecule has 3 rings (SSSR count). The normalized spacial score (nSPS) is 25.4. The van der Waals surface area contributed by atoms with E-state index in [0.717, 1.165) is 0 Å². The SMILES string of the molecule is CC(C)CC1CC(C)(C(=O)ON2C(=O)c3ccccc3C2=O)OC1=O. The molecular weight excluding hydrogens is 326 g/mol. The van der Waals surface area contributed by atoms with Gasteiger partial charge in [0, 0.05) is 6.42 Å². The van der Waals surface area contributed by atoms with E-state index >= 15 is 0 Å². The van der Waals surface area contributed by atoms with Gasteiger partial charge in [-0.3, -0.25) is 14.4 Å². The monoisotopic (exact) mass is 345 g/mol. The van der Waals surface area contributed by atoms with E-state index in [1.165, 1.54) is 19.1 Å². The number of ether oxygens (including phenoxy) is 1. The topological polar surface area (TPSA) is 90.0 Å². The minimum atomic E-state index is -1.51. The highest BCUT2D eigenvalue weighted by molar-refractivity contribution is 6.21. The molecule has 0 N–H and O–H groups in total. The molecular formula is C18H19NO6. The summed E-state index contributed by atoms with van der Waals surface area (Å²) < 4.78 is 5.22. The lowest BCUT2D eigenvalue weighted by molar-refractivity contribution is -0.192. The zero-order valence-corrected chi connectivity index (χ0v) is 14.3. The van der Waals surface area contributed by atoms with E-state index in [0.29, 0.717) is 11.5 Å². The standard InChI is InChI=1S/C18H19NO6/c1-10(2)8-11-9-18(3,24-16(11)22)17(23)25-19-14(20)12-6-4-5-7-13(12)15(19)21/h4-7,10-11H,8-9H2,1-3H3. The number of carbonyl (C=O) groups excluding carboxylic acids is 4. The predicted molar refractivity (Wildman–Crippen MR) is 85.1 cm³/mol. The number of fused-ring (bicyclic) bond motifs is 1. The molecule has 1 fully saturated rings. The van der Waals surface area contributed by atoms with Gasteiger partial charge in [0.05, 0.1) is 17.0 Å². The highest BCUT2D eigenvalue weighted by Crippen LogP contribution is 2.36. The number of amides is 2. The maximum Gasteiger partial charge on any atom is 0.376 e. The molecule has 1 aromatic carbocycles. The molecule has 2 atom stereocenters. The fraction of sp³-hybridized carbons (Fsp3) is 0.444. The number of hydrogen-bond donors (Lipinski definition) is 0. The van der Waals surface area contributed by atoms with Crippen LogP contribution in [0.15, 0.2) is 24.3 Å². The fourth-order valence-corrected chi connectivity index (χ4v) is 3.20. The van der Waals surface area contributed by atoms with E-state index in [1.807, 2.05) is 13.8 Å². The Kier molecular flexibility index (Phi) is 4.10. The molecule has 0 saturated carbocycles. The van der Waals surface area contributed by atoms with Crippen molar-refractivity contribution in [2.45, 2.75) is 39.2 Å². The summed E-state index contributed by atoms with van der Waals surface area (Å²) in [5.74, 6) is -2.94. The number of cyclic esters (lactones) is 1. The van der Waals surface area contributed by atoms with Crippen molar-refractivity contribution in [3.05, 3.63) is 35.4 Å². The molecule has 2 aliphatic rings. The third-order valence-corrected chi connectivity index (χ3v) is 4.41. The maximum atomic E-state index is 12.5. The van der Waals surface area contributed by atoms with Crippen molar-refractivity contribution >= 4 is 23.8 Å². The number of nitrogens with zero attached hydrogens (tertiary/aromatic N) is 1. The summed E-state index contributed by atoms with van der Waals surface area (Å²) in [6.07, 6.45) is 0.751. The van der Waals surface area contributed by atoms with Gasteiger partial charge in [0.25, 0.3) is 11.8 Å². The van der Waals surface area contributed by atoms with Crippen LogP contribution in [0.1, 0.15) is 54.3 Å². The van der Waals surface area contributed by atoms with Gasteiger partial charge in [-0.15, -0.1) is 0 Å². The average Bonchev–Trinajstić information content (AvgIpc) is 2.97. The first-order valence-electron chi connectivity index (χ1n) is 8.16. The Morgan fingerprint density at radius 2 is 1.80 bits per heavy atom. The fourth-order valence-electron chi connectivity index (χ4n) is 3.20. The van der Waals surface area contributed by atoms with Gasteiger partial charge in [-0.1, -0.05) is 31.0 Å².